The van der Waals surface area contributed by atoms with Crippen LogP contribution in [0.4, 0.5) is 15.8 Å². The quantitative estimate of drug-likeness (QED) is 0.631. The van der Waals surface area contributed by atoms with Crippen LogP contribution in [0.25, 0.3) is 10.9 Å². The van der Waals surface area contributed by atoms with Gasteiger partial charge < -0.3 is 10.4 Å². The largest absolute Gasteiger partial charge is 0.396 e. The van der Waals surface area contributed by atoms with Crippen molar-refractivity contribution < 1.29 is 14.4 Å². The topological polar surface area (TPSA) is 88.3 Å². The molecule has 6 nitrogen and oxygen atoms in total. The zero-order valence-electron chi connectivity index (χ0n) is 11.5. The fourth-order valence-corrected chi connectivity index (χ4v) is 2.20. The molecule has 1 heterocycles. The van der Waals surface area contributed by atoms with Gasteiger partial charge in [0.05, 0.1) is 22.1 Å². The third-order valence-electron chi connectivity index (χ3n) is 3.21. The van der Waals surface area contributed by atoms with Crippen LogP contribution in [0, 0.1) is 15.9 Å². The summed E-state index contributed by atoms with van der Waals surface area (Å²) in [6.07, 6.45) is 2.71. The molecule has 0 saturated heterocycles. The van der Waals surface area contributed by atoms with Gasteiger partial charge in [-0.05, 0) is 31.9 Å². The number of hydrogen-bond donors (Lipinski definition) is 2. The van der Waals surface area contributed by atoms with E-state index < -0.39 is 10.7 Å². The molecule has 21 heavy (non-hydrogen) atoms. The molecule has 0 aliphatic carbocycles. The first-order valence-corrected chi connectivity index (χ1v) is 6.63. The molecule has 0 aliphatic rings. The van der Waals surface area contributed by atoms with Crippen molar-refractivity contribution in [1.82, 2.24) is 4.98 Å². The van der Waals surface area contributed by atoms with E-state index in [0.29, 0.717) is 18.2 Å². The normalized spacial score (nSPS) is 12.3. The van der Waals surface area contributed by atoms with E-state index in [1.54, 1.807) is 12.1 Å². The van der Waals surface area contributed by atoms with E-state index in [1.807, 2.05) is 6.92 Å². The van der Waals surface area contributed by atoms with Crippen LogP contribution < -0.4 is 5.32 Å². The fourth-order valence-electron chi connectivity index (χ4n) is 2.20. The van der Waals surface area contributed by atoms with E-state index in [-0.39, 0.29) is 29.5 Å². The van der Waals surface area contributed by atoms with Crippen LogP contribution in [0.2, 0.25) is 0 Å². The Balaban J connectivity index is 2.47. The lowest BCUT2D eigenvalue weighted by Crippen LogP contribution is -2.17. The van der Waals surface area contributed by atoms with Crippen LogP contribution in [-0.4, -0.2) is 27.7 Å². The van der Waals surface area contributed by atoms with Crippen LogP contribution >= 0.6 is 0 Å². The standard InChI is InChI=1S/C14H16FN3O3/c1-9(4-3-7-19)17-14-11(15)8-12(18(20)21)10-5-2-6-16-13(10)14/h2,5-6,8-9,17,19H,3-4,7H2,1H3. The van der Waals surface area contributed by atoms with Gasteiger partial charge in [-0.2, -0.15) is 0 Å². The highest BCUT2D eigenvalue weighted by Gasteiger charge is 2.20. The molecule has 2 N–H and O–H groups in total. The van der Waals surface area contributed by atoms with Crippen LogP contribution in [0.3, 0.4) is 0 Å². The highest BCUT2D eigenvalue weighted by molar-refractivity contribution is 5.97. The third-order valence-corrected chi connectivity index (χ3v) is 3.21. The van der Waals surface area contributed by atoms with Gasteiger partial charge in [0.15, 0.2) is 5.82 Å². The number of aliphatic hydroxyl groups is 1. The van der Waals surface area contributed by atoms with Crippen molar-refractivity contribution in [1.29, 1.82) is 0 Å². The Bertz CT molecular complexity index is 663. The molecule has 0 bridgehead atoms. The number of nitro benzene ring substituents is 1. The minimum atomic E-state index is -0.705. The lowest BCUT2D eigenvalue weighted by molar-refractivity contribution is -0.383. The van der Waals surface area contributed by atoms with Gasteiger partial charge in [-0.3, -0.25) is 15.1 Å². The predicted molar refractivity (Wildman–Crippen MR) is 77.8 cm³/mol. The summed E-state index contributed by atoms with van der Waals surface area (Å²) in [6.45, 7) is 1.92. The molecule has 2 rings (SSSR count). The summed E-state index contributed by atoms with van der Waals surface area (Å²) in [5.41, 5.74) is 0.0887. The average molecular weight is 293 g/mol. The lowest BCUT2D eigenvalue weighted by atomic mass is 10.1. The monoisotopic (exact) mass is 293 g/mol. The first-order chi connectivity index (χ1) is 10.0. The van der Waals surface area contributed by atoms with Crippen molar-refractivity contribution in [3.05, 3.63) is 40.3 Å². The van der Waals surface area contributed by atoms with Crippen molar-refractivity contribution >= 4 is 22.3 Å². The maximum atomic E-state index is 14.2. The number of nitro groups is 1. The highest BCUT2D eigenvalue weighted by atomic mass is 19.1. The van der Waals surface area contributed by atoms with Gasteiger partial charge in [0, 0.05) is 18.8 Å². The van der Waals surface area contributed by atoms with Crippen molar-refractivity contribution in [3.63, 3.8) is 0 Å². The molecule has 1 atom stereocenters. The predicted octanol–water partition coefficient (Wildman–Crippen LogP) is 2.86. The first-order valence-electron chi connectivity index (χ1n) is 6.63. The molecule has 2 aromatic rings. The number of aliphatic hydroxyl groups excluding tert-OH is 1. The summed E-state index contributed by atoms with van der Waals surface area (Å²) in [4.78, 5) is 14.4. The maximum absolute atomic E-state index is 14.2. The number of nitrogens with one attached hydrogen (secondary N) is 1. The van der Waals surface area contributed by atoms with Gasteiger partial charge in [0.25, 0.3) is 5.69 Å². The summed E-state index contributed by atoms with van der Waals surface area (Å²) < 4.78 is 14.2. The molecule has 0 aliphatic heterocycles. The van der Waals surface area contributed by atoms with Crippen molar-refractivity contribution in [2.75, 3.05) is 11.9 Å². The summed E-state index contributed by atoms with van der Waals surface area (Å²) in [7, 11) is 0. The smallest absolute Gasteiger partial charge is 0.281 e. The zero-order chi connectivity index (χ0) is 15.4. The lowest BCUT2D eigenvalue weighted by Gasteiger charge is -2.16. The maximum Gasteiger partial charge on any atom is 0.281 e. The number of hydrogen-bond acceptors (Lipinski definition) is 5. The molecule has 0 saturated carbocycles. The molecule has 1 aromatic carbocycles. The second kappa shape index (κ2) is 6.45. The molecule has 7 heteroatoms. The Morgan fingerprint density at radius 1 is 1.57 bits per heavy atom. The number of fused-ring (bicyclic) bond motifs is 1. The number of anilines is 1. The SMILES string of the molecule is CC(CCCO)Nc1c(F)cc([N+](=O)[O-])c2cccnc12. The number of aromatic nitrogens is 1. The number of halogens is 1. The number of non-ortho nitro benzene ring substituents is 1. The van der Waals surface area contributed by atoms with E-state index in [9.17, 15) is 14.5 Å². The van der Waals surface area contributed by atoms with Crippen molar-refractivity contribution in [2.45, 2.75) is 25.8 Å². The van der Waals surface area contributed by atoms with Crippen LogP contribution in [0.5, 0.6) is 0 Å². The summed E-state index contributed by atoms with van der Waals surface area (Å²) in [6, 6.07) is 3.94. The minimum absolute atomic E-state index is 0.0633. The molecule has 1 aromatic heterocycles. The molecule has 0 radical (unpaired) electrons. The van der Waals surface area contributed by atoms with E-state index in [1.165, 1.54) is 6.20 Å². The molecular weight excluding hydrogens is 277 g/mol. The van der Waals surface area contributed by atoms with Crippen LogP contribution in [0.1, 0.15) is 19.8 Å². The van der Waals surface area contributed by atoms with Gasteiger partial charge in [-0.25, -0.2) is 4.39 Å². The number of nitrogens with zero attached hydrogens (tertiary/aromatic N) is 2. The third kappa shape index (κ3) is 3.25. The second-order valence-electron chi connectivity index (χ2n) is 4.82. The van der Waals surface area contributed by atoms with Crippen LogP contribution in [0.15, 0.2) is 24.4 Å². The number of pyridine rings is 1. The van der Waals surface area contributed by atoms with E-state index in [2.05, 4.69) is 10.3 Å². The summed E-state index contributed by atoms with van der Waals surface area (Å²) in [5.74, 6) is -0.705. The average Bonchev–Trinajstić information content (AvgIpc) is 2.47. The van der Waals surface area contributed by atoms with E-state index >= 15 is 0 Å². The Kier molecular flexibility index (Phi) is 4.64. The fraction of sp³-hybridized carbons (Fsp3) is 0.357. The van der Waals surface area contributed by atoms with Crippen molar-refractivity contribution in [2.24, 2.45) is 0 Å². The second-order valence-corrected chi connectivity index (χ2v) is 4.82. The Morgan fingerprint density at radius 2 is 2.33 bits per heavy atom. The molecule has 0 fully saturated rings. The Morgan fingerprint density at radius 3 is 3.00 bits per heavy atom. The molecule has 112 valence electrons. The van der Waals surface area contributed by atoms with Gasteiger partial charge >= 0.3 is 0 Å². The molecular formula is C14H16FN3O3. The van der Waals surface area contributed by atoms with E-state index in [0.717, 1.165) is 6.07 Å². The zero-order valence-corrected chi connectivity index (χ0v) is 11.5. The van der Waals surface area contributed by atoms with Gasteiger partial charge in [0.1, 0.15) is 5.52 Å². The minimum Gasteiger partial charge on any atom is -0.396 e. The molecule has 0 amide bonds. The molecule has 1 unspecified atom stereocenters. The summed E-state index contributed by atoms with van der Waals surface area (Å²) in [5, 5.41) is 23.1. The van der Waals surface area contributed by atoms with Gasteiger partial charge in [-0.1, -0.05) is 0 Å². The Hall–Kier alpha value is -2.28. The summed E-state index contributed by atoms with van der Waals surface area (Å²) >= 11 is 0. The van der Waals surface area contributed by atoms with Gasteiger partial charge in [0.2, 0.25) is 0 Å². The Labute approximate surface area is 120 Å². The number of rotatable bonds is 6. The number of benzene rings is 1. The van der Waals surface area contributed by atoms with Crippen molar-refractivity contribution in [3.8, 4) is 0 Å². The first kappa shape index (κ1) is 15.1. The molecule has 0 spiro atoms. The highest BCUT2D eigenvalue weighted by Crippen LogP contribution is 2.33. The van der Waals surface area contributed by atoms with Gasteiger partial charge in [-0.15, -0.1) is 0 Å². The van der Waals surface area contributed by atoms with E-state index in [4.69, 9.17) is 5.11 Å². The van der Waals surface area contributed by atoms with Crippen LogP contribution in [-0.2, 0) is 0 Å².